The zero-order valence-corrected chi connectivity index (χ0v) is 15.3. The molecule has 5 heteroatoms. The minimum absolute atomic E-state index is 0.343. The molecule has 1 aromatic carbocycles. The van der Waals surface area contributed by atoms with Crippen molar-refractivity contribution in [1.82, 2.24) is 4.98 Å². The summed E-state index contributed by atoms with van der Waals surface area (Å²) in [5.41, 5.74) is 2.43. The van der Waals surface area contributed by atoms with Gasteiger partial charge in [-0.2, -0.15) is 0 Å². The maximum atomic E-state index is 12.0. The number of rotatable bonds is 6. The Labute approximate surface area is 154 Å². The lowest BCUT2D eigenvalue weighted by Gasteiger charge is -2.35. The van der Waals surface area contributed by atoms with Crippen LogP contribution in [0.25, 0.3) is 0 Å². The Morgan fingerprint density at radius 1 is 1.31 bits per heavy atom. The average Bonchev–Trinajstić information content (AvgIpc) is 2.71. The minimum Gasteiger partial charge on any atom is -0.465 e. The molecule has 0 fully saturated rings. The summed E-state index contributed by atoms with van der Waals surface area (Å²) >= 11 is 0. The van der Waals surface area contributed by atoms with Gasteiger partial charge in [-0.25, -0.2) is 9.78 Å². The van der Waals surface area contributed by atoms with Gasteiger partial charge in [-0.05, 0) is 61.1 Å². The second kappa shape index (κ2) is 7.68. The number of aryl methyl sites for hydroxylation is 1. The van der Waals surface area contributed by atoms with Crippen molar-refractivity contribution >= 4 is 18.1 Å². The summed E-state index contributed by atoms with van der Waals surface area (Å²) in [6, 6.07) is 11.5. The van der Waals surface area contributed by atoms with Crippen molar-refractivity contribution < 1.29 is 14.3 Å². The number of carbonyl (C=O) groups excluding carboxylic acids is 2. The van der Waals surface area contributed by atoms with E-state index in [0.29, 0.717) is 12.0 Å². The minimum atomic E-state index is -0.398. The van der Waals surface area contributed by atoms with E-state index in [2.05, 4.69) is 9.88 Å². The zero-order chi connectivity index (χ0) is 18.6. The highest BCUT2D eigenvalue weighted by atomic mass is 16.5. The molecule has 0 spiro atoms. The molecule has 1 aliphatic rings. The molecule has 0 amide bonds. The van der Waals surface area contributed by atoms with Gasteiger partial charge in [-0.1, -0.05) is 12.1 Å². The van der Waals surface area contributed by atoms with Gasteiger partial charge >= 0.3 is 5.97 Å². The van der Waals surface area contributed by atoms with E-state index in [1.165, 1.54) is 12.7 Å². The van der Waals surface area contributed by atoms with Crippen LogP contribution in [0, 0.1) is 5.41 Å². The van der Waals surface area contributed by atoms with E-state index in [4.69, 9.17) is 4.74 Å². The highest BCUT2D eigenvalue weighted by molar-refractivity contribution is 5.89. The Morgan fingerprint density at radius 2 is 2.15 bits per heavy atom. The van der Waals surface area contributed by atoms with Gasteiger partial charge in [0.2, 0.25) is 0 Å². The second-order valence-electron chi connectivity index (χ2n) is 6.99. The van der Waals surface area contributed by atoms with Crippen LogP contribution in [-0.2, 0) is 22.4 Å². The third-order valence-corrected chi connectivity index (χ3v) is 5.30. The van der Waals surface area contributed by atoms with E-state index in [9.17, 15) is 9.59 Å². The highest BCUT2D eigenvalue weighted by Gasteiger charge is 2.34. The molecule has 136 valence electrons. The van der Waals surface area contributed by atoms with Crippen LogP contribution in [0.1, 0.15) is 34.3 Å². The standard InChI is InChI=1S/C21H24N2O3/c1-23(19-5-3-4-11-22-19)12-10-21(15-24)9-8-16-6-7-17(20(25)26-2)13-18(16)14-21/h3-7,11,13,15H,8-10,12,14H2,1-2H3/t21-/m0/s1. The molecule has 1 heterocycles. The number of anilines is 1. The van der Waals surface area contributed by atoms with Crippen molar-refractivity contribution in [3.05, 3.63) is 59.3 Å². The monoisotopic (exact) mass is 352 g/mol. The molecule has 1 aromatic heterocycles. The first-order valence-corrected chi connectivity index (χ1v) is 8.85. The van der Waals surface area contributed by atoms with Gasteiger partial charge in [0.25, 0.3) is 0 Å². The number of esters is 1. The zero-order valence-electron chi connectivity index (χ0n) is 15.3. The number of fused-ring (bicyclic) bond motifs is 1. The molecule has 26 heavy (non-hydrogen) atoms. The van der Waals surface area contributed by atoms with Crippen LogP contribution in [0.5, 0.6) is 0 Å². The normalized spacial score (nSPS) is 18.7. The smallest absolute Gasteiger partial charge is 0.337 e. The van der Waals surface area contributed by atoms with Gasteiger partial charge in [0.1, 0.15) is 12.1 Å². The quantitative estimate of drug-likeness (QED) is 0.591. The largest absolute Gasteiger partial charge is 0.465 e. The molecule has 2 aromatic rings. The Kier molecular flexibility index (Phi) is 5.35. The summed E-state index contributed by atoms with van der Waals surface area (Å²) in [6.07, 6.45) is 5.97. The van der Waals surface area contributed by atoms with Crippen molar-refractivity contribution in [3.63, 3.8) is 0 Å². The molecular weight excluding hydrogens is 328 g/mol. The fourth-order valence-corrected chi connectivity index (χ4v) is 3.59. The maximum Gasteiger partial charge on any atom is 0.337 e. The topological polar surface area (TPSA) is 59.5 Å². The van der Waals surface area contributed by atoms with Crippen molar-refractivity contribution in [2.45, 2.75) is 25.7 Å². The Balaban J connectivity index is 1.74. The van der Waals surface area contributed by atoms with E-state index in [0.717, 1.165) is 43.5 Å². The molecule has 1 atom stereocenters. The molecule has 1 aliphatic carbocycles. The summed E-state index contributed by atoms with van der Waals surface area (Å²) in [5, 5.41) is 0. The van der Waals surface area contributed by atoms with Crippen LogP contribution in [0.2, 0.25) is 0 Å². The molecule has 0 radical (unpaired) electrons. The van der Waals surface area contributed by atoms with Gasteiger partial charge in [-0.3, -0.25) is 0 Å². The highest BCUT2D eigenvalue weighted by Crippen LogP contribution is 2.37. The maximum absolute atomic E-state index is 12.0. The summed E-state index contributed by atoms with van der Waals surface area (Å²) in [4.78, 5) is 30.2. The first-order valence-electron chi connectivity index (χ1n) is 8.85. The van der Waals surface area contributed by atoms with Crippen LogP contribution in [0.15, 0.2) is 42.6 Å². The Hall–Kier alpha value is -2.69. The van der Waals surface area contributed by atoms with Crippen LogP contribution >= 0.6 is 0 Å². The Morgan fingerprint density at radius 3 is 2.85 bits per heavy atom. The fourth-order valence-electron chi connectivity index (χ4n) is 3.59. The summed E-state index contributed by atoms with van der Waals surface area (Å²) in [6.45, 7) is 0.752. The van der Waals surface area contributed by atoms with Crippen molar-refractivity contribution in [1.29, 1.82) is 0 Å². The van der Waals surface area contributed by atoms with Crippen molar-refractivity contribution in [3.8, 4) is 0 Å². The molecule has 5 nitrogen and oxygen atoms in total. The number of benzene rings is 1. The number of nitrogens with zero attached hydrogens (tertiary/aromatic N) is 2. The number of hydrogen-bond donors (Lipinski definition) is 0. The first kappa shape index (κ1) is 18.1. The molecule has 0 aliphatic heterocycles. The second-order valence-corrected chi connectivity index (χ2v) is 6.99. The van der Waals surface area contributed by atoms with Crippen molar-refractivity contribution in [2.24, 2.45) is 5.41 Å². The predicted molar refractivity (Wildman–Crippen MR) is 100 cm³/mol. The lowest BCUT2D eigenvalue weighted by molar-refractivity contribution is -0.117. The molecule has 0 N–H and O–H groups in total. The van der Waals surface area contributed by atoms with Gasteiger partial charge in [0.15, 0.2) is 0 Å². The number of aromatic nitrogens is 1. The van der Waals surface area contributed by atoms with E-state index < -0.39 is 5.41 Å². The summed E-state index contributed by atoms with van der Waals surface area (Å²) < 4.78 is 4.81. The SMILES string of the molecule is COC(=O)c1ccc2c(c1)C[C@@](C=O)(CCN(C)c1ccccn1)CC2. The number of aldehydes is 1. The van der Waals surface area contributed by atoms with E-state index >= 15 is 0 Å². The third-order valence-electron chi connectivity index (χ3n) is 5.30. The van der Waals surface area contributed by atoms with E-state index in [-0.39, 0.29) is 5.97 Å². The van der Waals surface area contributed by atoms with Crippen LogP contribution in [-0.4, -0.2) is 37.9 Å². The van der Waals surface area contributed by atoms with Crippen molar-refractivity contribution in [2.75, 3.05) is 25.6 Å². The lowest BCUT2D eigenvalue weighted by atomic mass is 9.70. The van der Waals surface area contributed by atoms with Crippen LogP contribution in [0.3, 0.4) is 0 Å². The predicted octanol–water partition coefficient (Wildman–Crippen LogP) is 3.07. The summed E-state index contributed by atoms with van der Waals surface area (Å²) in [5.74, 6) is 0.558. The molecular formula is C21H24N2O3. The van der Waals surface area contributed by atoms with Gasteiger partial charge < -0.3 is 14.4 Å². The lowest BCUT2D eigenvalue weighted by Crippen LogP contribution is -2.35. The average molecular weight is 352 g/mol. The molecule has 0 saturated heterocycles. The van der Waals surface area contributed by atoms with Crippen LogP contribution < -0.4 is 4.90 Å². The number of pyridine rings is 1. The third kappa shape index (κ3) is 3.77. The number of carbonyl (C=O) groups is 2. The molecule has 0 bridgehead atoms. The molecule has 0 saturated carbocycles. The number of methoxy groups -OCH3 is 1. The molecule has 3 rings (SSSR count). The fraction of sp³-hybridized carbons (Fsp3) is 0.381. The van der Waals surface area contributed by atoms with E-state index in [1.807, 2.05) is 37.4 Å². The van der Waals surface area contributed by atoms with E-state index in [1.54, 1.807) is 12.3 Å². The summed E-state index contributed by atoms with van der Waals surface area (Å²) in [7, 11) is 3.37. The van der Waals surface area contributed by atoms with Gasteiger partial charge in [0.05, 0.1) is 12.7 Å². The Bertz CT molecular complexity index is 791. The number of hydrogen-bond acceptors (Lipinski definition) is 5. The van der Waals surface area contributed by atoms with Crippen LogP contribution in [0.4, 0.5) is 5.82 Å². The van der Waals surface area contributed by atoms with Gasteiger partial charge in [0, 0.05) is 25.2 Å². The first-order chi connectivity index (χ1) is 12.6. The number of ether oxygens (including phenoxy) is 1. The van der Waals surface area contributed by atoms with Gasteiger partial charge in [-0.15, -0.1) is 0 Å². The molecule has 0 unspecified atom stereocenters.